The van der Waals surface area contributed by atoms with Crippen LogP contribution >= 0.6 is 11.3 Å². The number of carbonyl (C=O) groups excluding carboxylic acids is 1. The lowest BCUT2D eigenvalue weighted by molar-refractivity contribution is 0.0861. The Morgan fingerprint density at radius 1 is 1.67 bits per heavy atom. The molecule has 0 aromatic carbocycles. The van der Waals surface area contributed by atoms with E-state index in [9.17, 15) is 4.79 Å². The molecular formula is C11H14N4O2S. The van der Waals surface area contributed by atoms with Crippen molar-refractivity contribution in [1.82, 2.24) is 5.32 Å². The molecule has 1 atom stereocenters. The SMILES string of the molecule is [N-]=[N+]=NCc1ccc(C(=O)NCC2CCCO2)s1. The van der Waals surface area contributed by atoms with Gasteiger partial charge in [0, 0.05) is 22.9 Å². The molecule has 0 aliphatic carbocycles. The van der Waals surface area contributed by atoms with Crippen LogP contribution in [-0.4, -0.2) is 25.2 Å². The Hall–Kier alpha value is -1.56. The molecule has 0 spiro atoms. The normalized spacial score (nSPS) is 18.3. The summed E-state index contributed by atoms with van der Waals surface area (Å²) in [5, 5.41) is 6.32. The molecule has 1 aliphatic heterocycles. The first kappa shape index (κ1) is 12.9. The first-order chi connectivity index (χ1) is 8.79. The maximum Gasteiger partial charge on any atom is 0.261 e. The van der Waals surface area contributed by atoms with Gasteiger partial charge in [-0.15, -0.1) is 11.3 Å². The summed E-state index contributed by atoms with van der Waals surface area (Å²) in [5.74, 6) is -0.0947. The topological polar surface area (TPSA) is 87.1 Å². The van der Waals surface area contributed by atoms with E-state index in [-0.39, 0.29) is 12.0 Å². The van der Waals surface area contributed by atoms with Crippen molar-refractivity contribution in [2.75, 3.05) is 13.2 Å². The summed E-state index contributed by atoms with van der Waals surface area (Å²) < 4.78 is 5.43. The van der Waals surface area contributed by atoms with Gasteiger partial charge in [0.1, 0.15) is 0 Å². The fraction of sp³-hybridized carbons (Fsp3) is 0.545. The van der Waals surface area contributed by atoms with Gasteiger partial charge < -0.3 is 10.1 Å². The predicted molar refractivity (Wildman–Crippen MR) is 68.5 cm³/mol. The van der Waals surface area contributed by atoms with Gasteiger partial charge in [0.25, 0.3) is 5.91 Å². The molecule has 2 heterocycles. The molecule has 6 nitrogen and oxygen atoms in total. The average Bonchev–Trinajstić information content (AvgIpc) is 3.04. The third-order valence-corrected chi connectivity index (χ3v) is 3.76. The van der Waals surface area contributed by atoms with E-state index in [2.05, 4.69) is 15.3 Å². The number of nitrogens with zero attached hydrogens (tertiary/aromatic N) is 3. The van der Waals surface area contributed by atoms with Crippen molar-refractivity contribution in [3.8, 4) is 0 Å². The van der Waals surface area contributed by atoms with Crippen LogP contribution in [0.5, 0.6) is 0 Å². The van der Waals surface area contributed by atoms with E-state index in [1.165, 1.54) is 11.3 Å². The number of hydrogen-bond donors (Lipinski definition) is 1. The summed E-state index contributed by atoms with van der Waals surface area (Å²) in [6, 6.07) is 3.55. The molecule has 1 unspecified atom stereocenters. The van der Waals surface area contributed by atoms with E-state index in [1.54, 1.807) is 12.1 Å². The molecule has 1 aromatic rings. The average molecular weight is 266 g/mol. The van der Waals surface area contributed by atoms with Gasteiger partial charge in [-0.2, -0.15) is 0 Å². The van der Waals surface area contributed by atoms with Gasteiger partial charge in [0.2, 0.25) is 0 Å². The van der Waals surface area contributed by atoms with Gasteiger partial charge in [0.15, 0.2) is 0 Å². The van der Waals surface area contributed by atoms with E-state index < -0.39 is 0 Å². The Morgan fingerprint density at radius 2 is 2.56 bits per heavy atom. The van der Waals surface area contributed by atoms with Crippen LogP contribution in [0.1, 0.15) is 27.4 Å². The molecule has 0 saturated carbocycles. The minimum Gasteiger partial charge on any atom is -0.376 e. The Bertz CT molecular complexity index is 461. The zero-order chi connectivity index (χ0) is 12.8. The first-order valence-corrected chi connectivity index (χ1v) is 6.60. The third kappa shape index (κ3) is 3.46. The molecule has 0 radical (unpaired) electrons. The van der Waals surface area contributed by atoms with E-state index in [4.69, 9.17) is 10.3 Å². The molecule has 0 bridgehead atoms. The van der Waals surface area contributed by atoms with Crippen LogP contribution in [0.4, 0.5) is 0 Å². The molecule has 1 N–H and O–H groups in total. The maximum absolute atomic E-state index is 11.8. The highest BCUT2D eigenvalue weighted by atomic mass is 32.1. The molecular weight excluding hydrogens is 252 g/mol. The van der Waals surface area contributed by atoms with E-state index >= 15 is 0 Å². The predicted octanol–water partition coefficient (Wildman–Crippen LogP) is 2.47. The van der Waals surface area contributed by atoms with Crippen LogP contribution < -0.4 is 5.32 Å². The molecule has 1 fully saturated rings. The second-order valence-corrected chi connectivity index (χ2v) is 5.17. The van der Waals surface area contributed by atoms with Gasteiger partial charge >= 0.3 is 0 Å². The lowest BCUT2D eigenvalue weighted by atomic mass is 10.2. The Morgan fingerprint density at radius 3 is 3.28 bits per heavy atom. The quantitative estimate of drug-likeness (QED) is 0.504. The van der Waals surface area contributed by atoms with Gasteiger partial charge in [-0.05, 0) is 30.5 Å². The molecule has 1 aromatic heterocycles. The van der Waals surface area contributed by atoms with Crippen molar-refractivity contribution < 1.29 is 9.53 Å². The van der Waals surface area contributed by atoms with Crippen LogP contribution in [-0.2, 0) is 11.3 Å². The Kier molecular flexibility index (Phi) is 4.58. The van der Waals surface area contributed by atoms with Gasteiger partial charge in [0.05, 0.1) is 17.5 Å². The van der Waals surface area contributed by atoms with Crippen LogP contribution in [0.15, 0.2) is 17.2 Å². The largest absolute Gasteiger partial charge is 0.376 e. The minimum absolute atomic E-state index is 0.0947. The summed E-state index contributed by atoms with van der Waals surface area (Å²) in [5.41, 5.74) is 8.22. The van der Waals surface area contributed by atoms with Gasteiger partial charge in [-0.1, -0.05) is 5.11 Å². The third-order valence-electron chi connectivity index (χ3n) is 2.69. The lowest BCUT2D eigenvalue weighted by Crippen LogP contribution is -2.31. The lowest BCUT2D eigenvalue weighted by Gasteiger charge is -2.09. The molecule has 1 aliphatic rings. The number of azide groups is 1. The highest BCUT2D eigenvalue weighted by molar-refractivity contribution is 7.14. The summed E-state index contributed by atoms with van der Waals surface area (Å²) in [6.45, 7) is 1.64. The number of rotatable bonds is 5. The van der Waals surface area contributed by atoms with Crippen LogP contribution in [0.2, 0.25) is 0 Å². The van der Waals surface area contributed by atoms with E-state index in [1.807, 2.05) is 0 Å². The van der Waals surface area contributed by atoms with Crippen LogP contribution in [0, 0.1) is 0 Å². The van der Waals surface area contributed by atoms with E-state index in [0.29, 0.717) is 18.0 Å². The number of hydrogen-bond acceptors (Lipinski definition) is 4. The van der Waals surface area contributed by atoms with Crippen molar-refractivity contribution in [2.24, 2.45) is 5.11 Å². The van der Waals surface area contributed by atoms with Crippen molar-refractivity contribution in [3.05, 3.63) is 32.3 Å². The molecule has 1 amide bonds. The number of nitrogens with one attached hydrogen (secondary N) is 1. The highest BCUT2D eigenvalue weighted by Gasteiger charge is 2.17. The van der Waals surface area contributed by atoms with Crippen molar-refractivity contribution in [3.63, 3.8) is 0 Å². The second-order valence-electron chi connectivity index (χ2n) is 4.00. The first-order valence-electron chi connectivity index (χ1n) is 5.79. The molecule has 96 valence electrons. The van der Waals surface area contributed by atoms with Crippen LogP contribution in [0.25, 0.3) is 10.4 Å². The fourth-order valence-corrected chi connectivity index (χ4v) is 2.63. The summed E-state index contributed by atoms with van der Waals surface area (Å²) in [4.78, 5) is 16.0. The standard InChI is InChI=1S/C11H14N4O2S/c12-15-14-7-9-3-4-10(18-9)11(16)13-6-8-2-1-5-17-8/h3-4,8H,1-2,5-7H2,(H,13,16). The highest BCUT2D eigenvalue weighted by Crippen LogP contribution is 2.17. The zero-order valence-electron chi connectivity index (χ0n) is 9.83. The molecule has 7 heteroatoms. The molecule has 18 heavy (non-hydrogen) atoms. The zero-order valence-corrected chi connectivity index (χ0v) is 10.7. The monoisotopic (exact) mass is 266 g/mol. The van der Waals surface area contributed by atoms with Gasteiger partial charge in [-0.25, -0.2) is 0 Å². The summed E-state index contributed by atoms with van der Waals surface area (Å²) in [7, 11) is 0. The van der Waals surface area contributed by atoms with Crippen LogP contribution in [0.3, 0.4) is 0 Å². The smallest absolute Gasteiger partial charge is 0.261 e. The number of ether oxygens (including phenoxy) is 1. The minimum atomic E-state index is -0.0947. The van der Waals surface area contributed by atoms with E-state index in [0.717, 1.165) is 24.3 Å². The van der Waals surface area contributed by atoms with Crippen molar-refractivity contribution >= 4 is 17.2 Å². The number of carbonyl (C=O) groups is 1. The summed E-state index contributed by atoms with van der Waals surface area (Å²) in [6.07, 6.45) is 2.22. The van der Waals surface area contributed by atoms with Gasteiger partial charge in [-0.3, -0.25) is 4.79 Å². The van der Waals surface area contributed by atoms with Crippen molar-refractivity contribution in [1.29, 1.82) is 0 Å². The van der Waals surface area contributed by atoms with Crippen molar-refractivity contribution in [2.45, 2.75) is 25.5 Å². The fourth-order valence-electron chi connectivity index (χ4n) is 1.79. The molecule has 1 saturated heterocycles. The molecule has 2 rings (SSSR count). The number of amides is 1. The number of thiophene rings is 1. The Labute approximate surface area is 109 Å². The maximum atomic E-state index is 11.8. The Balaban J connectivity index is 1.84. The second kappa shape index (κ2) is 6.39. The summed E-state index contributed by atoms with van der Waals surface area (Å²) >= 11 is 1.35.